The van der Waals surface area contributed by atoms with E-state index >= 15 is 0 Å². The van der Waals surface area contributed by atoms with Crippen molar-refractivity contribution in [3.8, 4) is 5.69 Å². The maximum Gasteiger partial charge on any atom is 0.319 e. The molecule has 3 N–H and O–H groups in total. The van der Waals surface area contributed by atoms with Gasteiger partial charge in [0.05, 0.1) is 16.4 Å². The highest BCUT2D eigenvalue weighted by Crippen LogP contribution is 2.25. The van der Waals surface area contributed by atoms with E-state index in [9.17, 15) is 4.79 Å². The van der Waals surface area contributed by atoms with E-state index in [1.54, 1.807) is 22.9 Å². The molecule has 0 saturated carbocycles. The van der Waals surface area contributed by atoms with Gasteiger partial charge in [-0.15, -0.1) is 0 Å². The molecule has 0 radical (unpaired) electrons. The van der Waals surface area contributed by atoms with Crippen molar-refractivity contribution in [2.75, 3.05) is 23.7 Å². The lowest BCUT2D eigenvalue weighted by molar-refractivity contribution is 0.252. The summed E-state index contributed by atoms with van der Waals surface area (Å²) < 4.78 is 1.58. The van der Waals surface area contributed by atoms with Gasteiger partial charge in [-0.05, 0) is 40.8 Å². The largest absolute Gasteiger partial charge is 0.351 e. The SMILES string of the molecule is O=C(NCCNc1nnnn1-c1ccccc1)Nc1ccc(Cl)cc1Cl. The predicted molar refractivity (Wildman–Crippen MR) is 101 cm³/mol. The maximum atomic E-state index is 11.9. The quantitative estimate of drug-likeness (QED) is 0.560. The Morgan fingerprint density at radius 2 is 1.88 bits per heavy atom. The predicted octanol–water partition coefficient (Wildman–Crippen LogP) is 3.20. The minimum Gasteiger partial charge on any atom is -0.351 e. The summed E-state index contributed by atoms with van der Waals surface area (Å²) in [6.45, 7) is 0.799. The molecule has 2 aromatic carbocycles. The van der Waals surface area contributed by atoms with E-state index in [1.807, 2.05) is 30.3 Å². The molecule has 3 aromatic rings. The second kappa shape index (κ2) is 8.50. The minimum atomic E-state index is -0.376. The van der Waals surface area contributed by atoms with Crippen molar-refractivity contribution >= 4 is 40.9 Å². The second-order valence-corrected chi connectivity index (χ2v) is 6.03. The molecule has 1 heterocycles. The van der Waals surface area contributed by atoms with Crippen molar-refractivity contribution in [2.24, 2.45) is 0 Å². The van der Waals surface area contributed by atoms with Crippen molar-refractivity contribution in [1.82, 2.24) is 25.5 Å². The number of nitrogens with one attached hydrogen (secondary N) is 3. The van der Waals surface area contributed by atoms with Crippen LogP contribution >= 0.6 is 23.2 Å². The smallest absolute Gasteiger partial charge is 0.319 e. The molecule has 1 aromatic heterocycles. The molecule has 0 fully saturated rings. The van der Waals surface area contributed by atoms with Gasteiger partial charge < -0.3 is 16.0 Å². The number of rotatable bonds is 6. The molecule has 0 atom stereocenters. The number of urea groups is 1. The zero-order valence-electron chi connectivity index (χ0n) is 13.5. The van der Waals surface area contributed by atoms with E-state index in [1.165, 1.54) is 0 Å². The van der Waals surface area contributed by atoms with Gasteiger partial charge in [-0.3, -0.25) is 0 Å². The standard InChI is InChI=1S/C16H15Cl2N7O/c17-11-6-7-14(13(18)10-11)21-16(26)20-9-8-19-15-22-23-24-25(15)12-4-2-1-3-5-12/h1-7,10H,8-9H2,(H,19,22,24)(H2,20,21,26). The maximum absolute atomic E-state index is 11.9. The number of tetrazole rings is 1. The van der Waals surface area contributed by atoms with E-state index in [-0.39, 0.29) is 6.03 Å². The lowest BCUT2D eigenvalue weighted by Gasteiger charge is -2.10. The lowest BCUT2D eigenvalue weighted by atomic mass is 10.3. The molecule has 8 nitrogen and oxygen atoms in total. The fraction of sp³-hybridized carbons (Fsp3) is 0.125. The third-order valence-corrected chi connectivity index (χ3v) is 3.89. The van der Waals surface area contributed by atoms with E-state index in [0.717, 1.165) is 5.69 Å². The number of hydrogen-bond acceptors (Lipinski definition) is 5. The third kappa shape index (κ3) is 4.62. The van der Waals surface area contributed by atoms with Crippen molar-refractivity contribution in [3.05, 3.63) is 58.6 Å². The summed E-state index contributed by atoms with van der Waals surface area (Å²) in [7, 11) is 0. The number of halogens is 2. The van der Waals surface area contributed by atoms with E-state index in [0.29, 0.717) is 34.8 Å². The Bertz CT molecular complexity index is 885. The van der Waals surface area contributed by atoms with Crippen LogP contribution in [0.5, 0.6) is 0 Å². The van der Waals surface area contributed by atoms with Crippen LogP contribution in [0, 0.1) is 0 Å². The van der Waals surface area contributed by atoms with Crippen LogP contribution in [0.1, 0.15) is 0 Å². The molecule has 0 bridgehead atoms. The van der Waals surface area contributed by atoms with Crippen LogP contribution in [0.4, 0.5) is 16.4 Å². The van der Waals surface area contributed by atoms with Crippen molar-refractivity contribution < 1.29 is 4.79 Å². The molecule has 3 rings (SSSR count). The Kier molecular flexibility index (Phi) is 5.88. The average molecular weight is 392 g/mol. The summed E-state index contributed by atoms with van der Waals surface area (Å²) in [4.78, 5) is 11.9. The first-order valence-electron chi connectivity index (χ1n) is 7.71. The number of carbonyl (C=O) groups excluding carboxylic acids is 1. The number of carbonyl (C=O) groups is 1. The number of hydrogen-bond donors (Lipinski definition) is 3. The molecule has 2 amide bonds. The van der Waals surface area contributed by atoms with Crippen molar-refractivity contribution in [1.29, 1.82) is 0 Å². The molecule has 0 spiro atoms. The molecule has 26 heavy (non-hydrogen) atoms. The molecule has 0 unspecified atom stereocenters. The zero-order chi connectivity index (χ0) is 18.4. The molecule has 0 saturated heterocycles. The second-order valence-electron chi connectivity index (χ2n) is 5.18. The first-order chi connectivity index (χ1) is 12.6. The number of aromatic nitrogens is 4. The van der Waals surface area contributed by atoms with Crippen LogP contribution in [-0.4, -0.2) is 39.3 Å². The van der Waals surface area contributed by atoms with Gasteiger partial charge in [-0.1, -0.05) is 46.5 Å². The highest BCUT2D eigenvalue weighted by atomic mass is 35.5. The van der Waals surface area contributed by atoms with Crippen molar-refractivity contribution in [3.63, 3.8) is 0 Å². The van der Waals surface area contributed by atoms with Gasteiger partial charge >= 0.3 is 6.03 Å². The van der Waals surface area contributed by atoms with Gasteiger partial charge in [0.2, 0.25) is 5.95 Å². The summed E-state index contributed by atoms with van der Waals surface area (Å²) in [5.41, 5.74) is 1.32. The number of benzene rings is 2. The van der Waals surface area contributed by atoms with E-state index in [2.05, 4.69) is 31.5 Å². The van der Waals surface area contributed by atoms with E-state index < -0.39 is 0 Å². The first-order valence-corrected chi connectivity index (χ1v) is 8.46. The van der Waals surface area contributed by atoms with Gasteiger partial charge in [0.15, 0.2) is 0 Å². The lowest BCUT2D eigenvalue weighted by Crippen LogP contribution is -2.33. The minimum absolute atomic E-state index is 0.360. The van der Waals surface area contributed by atoms with Gasteiger partial charge in [0.1, 0.15) is 0 Å². The van der Waals surface area contributed by atoms with Crippen LogP contribution in [-0.2, 0) is 0 Å². The molecule has 134 valence electrons. The third-order valence-electron chi connectivity index (χ3n) is 3.34. The topological polar surface area (TPSA) is 96.8 Å². The van der Waals surface area contributed by atoms with Crippen LogP contribution < -0.4 is 16.0 Å². The Hall–Kier alpha value is -2.84. The van der Waals surface area contributed by atoms with Gasteiger partial charge in [0, 0.05) is 18.1 Å². The van der Waals surface area contributed by atoms with Crippen molar-refractivity contribution in [2.45, 2.75) is 0 Å². The monoisotopic (exact) mass is 391 g/mol. The molecular formula is C16H15Cl2N7O. The number of amides is 2. The van der Waals surface area contributed by atoms with Gasteiger partial charge in [-0.25, -0.2) is 4.79 Å². The van der Waals surface area contributed by atoms with Crippen LogP contribution in [0.25, 0.3) is 5.69 Å². The molecule has 10 heteroatoms. The normalized spacial score (nSPS) is 10.4. The average Bonchev–Trinajstić information content (AvgIpc) is 3.10. The summed E-state index contributed by atoms with van der Waals surface area (Å²) in [6.07, 6.45) is 0. The zero-order valence-corrected chi connectivity index (χ0v) is 15.0. The number of anilines is 2. The van der Waals surface area contributed by atoms with Crippen LogP contribution in [0.2, 0.25) is 10.0 Å². The Morgan fingerprint density at radius 3 is 2.65 bits per heavy atom. The Balaban J connectivity index is 1.47. The fourth-order valence-electron chi connectivity index (χ4n) is 2.15. The van der Waals surface area contributed by atoms with Crippen LogP contribution in [0.15, 0.2) is 48.5 Å². The number of nitrogens with zero attached hydrogens (tertiary/aromatic N) is 4. The summed E-state index contributed by atoms with van der Waals surface area (Å²) in [5.74, 6) is 0.485. The summed E-state index contributed by atoms with van der Waals surface area (Å²) in [6, 6.07) is 14.0. The Morgan fingerprint density at radius 1 is 1.08 bits per heavy atom. The van der Waals surface area contributed by atoms with Gasteiger partial charge in [0.25, 0.3) is 0 Å². The first kappa shape index (κ1) is 18.0. The van der Waals surface area contributed by atoms with Crippen LogP contribution in [0.3, 0.4) is 0 Å². The van der Waals surface area contributed by atoms with E-state index in [4.69, 9.17) is 23.2 Å². The number of para-hydroxylation sites is 1. The highest BCUT2D eigenvalue weighted by molar-refractivity contribution is 6.36. The highest BCUT2D eigenvalue weighted by Gasteiger charge is 2.08. The summed E-state index contributed by atoms with van der Waals surface area (Å²) >= 11 is 11.8. The molecular weight excluding hydrogens is 377 g/mol. The molecule has 0 aliphatic carbocycles. The fourth-order valence-corrected chi connectivity index (χ4v) is 2.60. The Labute approximate surface area is 159 Å². The summed E-state index contributed by atoms with van der Waals surface area (Å²) in [5, 5.41) is 20.8. The molecule has 0 aliphatic rings. The van der Waals surface area contributed by atoms with Gasteiger partial charge in [-0.2, -0.15) is 4.68 Å². The molecule has 0 aliphatic heterocycles.